The van der Waals surface area contributed by atoms with Crippen LogP contribution in [0.5, 0.6) is 0 Å². The predicted octanol–water partition coefficient (Wildman–Crippen LogP) is 3.12. The Morgan fingerprint density at radius 1 is 1.10 bits per heavy atom. The lowest BCUT2D eigenvalue weighted by atomic mass is 10.2. The van der Waals surface area contributed by atoms with E-state index in [1.807, 2.05) is 31.3 Å². The van der Waals surface area contributed by atoms with Crippen LogP contribution in [0.15, 0.2) is 36.8 Å². The molecule has 0 aliphatic carbocycles. The third-order valence-electron chi connectivity index (χ3n) is 2.82. The van der Waals surface area contributed by atoms with E-state index in [2.05, 4.69) is 47.8 Å². The van der Waals surface area contributed by atoms with E-state index < -0.39 is 0 Å². The molecule has 0 saturated carbocycles. The molecule has 3 rings (SSSR count). The number of halogens is 1. The zero-order valence-electron chi connectivity index (χ0n) is 10.8. The van der Waals surface area contributed by atoms with E-state index in [1.54, 1.807) is 12.4 Å². The number of rotatable bonds is 3. The Kier molecular flexibility index (Phi) is 3.72. The predicted molar refractivity (Wildman–Crippen MR) is 87.4 cm³/mol. The van der Waals surface area contributed by atoms with Gasteiger partial charge in [-0.15, -0.1) is 0 Å². The molecule has 3 aromatic rings. The maximum atomic E-state index is 4.56. The molecule has 0 amide bonds. The van der Waals surface area contributed by atoms with Gasteiger partial charge in [-0.05, 0) is 47.7 Å². The average Bonchev–Trinajstić information content (AvgIpc) is 2.49. The molecule has 1 aromatic carbocycles. The summed E-state index contributed by atoms with van der Waals surface area (Å²) < 4.78 is 1.01. The quantitative estimate of drug-likeness (QED) is 0.711. The Morgan fingerprint density at radius 3 is 2.70 bits per heavy atom. The molecule has 5 nitrogen and oxygen atoms in total. The topological polar surface area (TPSA) is 63.6 Å². The van der Waals surface area contributed by atoms with E-state index >= 15 is 0 Å². The van der Waals surface area contributed by atoms with Crippen molar-refractivity contribution in [3.8, 4) is 11.4 Å². The lowest BCUT2D eigenvalue weighted by Gasteiger charge is -2.07. The molecule has 6 heteroatoms. The Balaban J connectivity index is 2.08. The molecular formula is C14H12IN5. The van der Waals surface area contributed by atoms with Crippen molar-refractivity contribution in [1.29, 1.82) is 0 Å². The SMILES string of the molecule is CCNc1nc(-c2ccc3nccnc3c2)ncc1I. The number of benzene rings is 1. The second-order valence-corrected chi connectivity index (χ2v) is 5.34. The fraction of sp³-hybridized carbons (Fsp3) is 0.143. The maximum absolute atomic E-state index is 4.56. The van der Waals surface area contributed by atoms with Crippen LogP contribution >= 0.6 is 22.6 Å². The van der Waals surface area contributed by atoms with Crippen molar-refractivity contribution in [3.05, 3.63) is 40.4 Å². The van der Waals surface area contributed by atoms with E-state index in [0.29, 0.717) is 5.82 Å². The minimum atomic E-state index is 0.689. The summed E-state index contributed by atoms with van der Waals surface area (Å²) in [6.07, 6.45) is 5.19. The van der Waals surface area contributed by atoms with Gasteiger partial charge < -0.3 is 5.32 Å². The second kappa shape index (κ2) is 5.66. The van der Waals surface area contributed by atoms with E-state index in [9.17, 15) is 0 Å². The highest BCUT2D eigenvalue weighted by Crippen LogP contribution is 2.22. The highest BCUT2D eigenvalue weighted by molar-refractivity contribution is 14.1. The Bertz CT molecular complexity index is 759. The smallest absolute Gasteiger partial charge is 0.161 e. The summed E-state index contributed by atoms with van der Waals surface area (Å²) in [6.45, 7) is 2.87. The van der Waals surface area contributed by atoms with Gasteiger partial charge in [0.15, 0.2) is 5.82 Å². The molecule has 0 fully saturated rings. The summed E-state index contributed by atoms with van der Waals surface area (Å²) in [5.74, 6) is 1.55. The van der Waals surface area contributed by atoms with E-state index in [-0.39, 0.29) is 0 Å². The molecule has 0 saturated heterocycles. The van der Waals surface area contributed by atoms with Crippen LogP contribution in [-0.2, 0) is 0 Å². The third kappa shape index (κ3) is 2.55. The second-order valence-electron chi connectivity index (χ2n) is 4.18. The number of fused-ring (bicyclic) bond motifs is 1. The van der Waals surface area contributed by atoms with Crippen molar-refractivity contribution in [2.75, 3.05) is 11.9 Å². The Morgan fingerprint density at radius 2 is 1.90 bits per heavy atom. The zero-order chi connectivity index (χ0) is 13.9. The van der Waals surface area contributed by atoms with Gasteiger partial charge in [0, 0.05) is 30.7 Å². The first kappa shape index (κ1) is 13.2. The summed E-state index contributed by atoms with van der Waals surface area (Å²) in [7, 11) is 0. The molecule has 0 spiro atoms. The van der Waals surface area contributed by atoms with Crippen molar-refractivity contribution < 1.29 is 0 Å². The van der Waals surface area contributed by atoms with Gasteiger partial charge in [0.25, 0.3) is 0 Å². The largest absolute Gasteiger partial charge is 0.369 e. The van der Waals surface area contributed by atoms with Gasteiger partial charge in [-0.25, -0.2) is 9.97 Å². The fourth-order valence-corrected chi connectivity index (χ4v) is 2.35. The van der Waals surface area contributed by atoms with Crippen LogP contribution in [-0.4, -0.2) is 26.5 Å². The van der Waals surface area contributed by atoms with Crippen molar-refractivity contribution in [1.82, 2.24) is 19.9 Å². The molecule has 0 unspecified atom stereocenters. The van der Waals surface area contributed by atoms with Gasteiger partial charge in [-0.3, -0.25) is 9.97 Å². The number of hydrogen-bond donors (Lipinski definition) is 1. The number of nitrogens with zero attached hydrogens (tertiary/aromatic N) is 4. The Labute approximate surface area is 130 Å². The zero-order valence-corrected chi connectivity index (χ0v) is 13.0. The van der Waals surface area contributed by atoms with Crippen LogP contribution in [0, 0.1) is 3.57 Å². The standard InChI is InChI=1S/C14H12IN5/c1-2-16-14-10(15)8-19-13(20-14)9-3-4-11-12(7-9)18-6-5-17-11/h3-8H,2H2,1H3,(H,16,19,20). The van der Waals surface area contributed by atoms with Crippen LogP contribution in [0.25, 0.3) is 22.4 Å². The normalized spacial score (nSPS) is 10.7. The van der Waals surface area contributed by atoms with Gasteiger partial charge in [-0.1, -0.05) is 0 Å². The third-order valence-corrected chi connectivity index (χ3v) is 3.61. The van der Waals surface area contributed by atoms with Crippen LogP contribution < -0.4 is 5.32 Å². The van der Waals surface area contributed by atoms with Gasteiger partial charge in [0.2, 0.25) is 0 Å². The average molecular weight is 377 g/mol. The highest BCUT2D eigenvalue weighted by atomic mass is 127. The van der Waals surface area contributed by atoms with E-state index in [0.717, 1.165) is 32.5 Å². The maximum Gasteiger partial charge on any atom is 0.161 e. The number of nitrogens with one attached hydrogen (secondary N) is 1. The summed E-state index contributed by atoms with van der Waals surface area (Å²) in [6, 6.07) is 5.86. The summed E-state index contributed by atoms with van der Waals surface area (Å²) in [4.78, 5) is 17.5. The van der Waals surface area contributed by atoms with E-state index in [4.69, 9.17) is 0 Å². The molecule has 100 valence electrons. The van der Waals surface area contributed by atoms with Crippen LogP contribution in [0.4, 0.5) is 5.82 Å². The van der Waals surface area contributed by atoms with Crippen LogP contribution in [0.1, 0.15) is 6.92 Å². The van der Waals surface area contributed by atoms with Crippen LogP contribution in [0.3, 0.4) is 0 Å². The van der Waals surface area contributed by atoms with Crippen molar-refractivity contribution in [3.63, 3.8) is 0 Å². The van der Waals surface area contributed by atoms with Gasteiger partial charge in [-0.2, -0.15) is 0 Å². The molecule has 0 bridgehead atoms. The van der Waals surface area contributed by atoms with Gasteiger partial charge in [0.05, 0.1) is 14.6 Å². The lowest BCUT2D eigenvalue weighted by Crippen LogP contribution is -2.03. The number of anilines is 1. The monoisotopic (exact) mass is 377 g/mol. The van der Waals surface area contributed by atoms with Crippen molar-refractivity contribution >= 4 is 39.4 Å². The van der Waals surface area contributed by atoms with Gasteiger partial charge in [0.1, 0.15) is 5.82 Å². The molecule has 20 heavy (non-hydrogen) atoms. The molecule has 0 aliphatic heterocycles. The first-order valence-electron chi connectivity index (χ1n) is 6.25. The molecule has 0 aliphatic rings. The first-order chi connectivity index (χ1) is 9.78. The summed E-state index contributed by atoms with van der Waals surface area (Å²) in [5.41, 5.74) is 2.65. The van der Waals surface area contributed by atoms with Crippen LogP contribution in [0.2, 0.25) is 0 Å². The number of aromatic nitrogens is 4. The molecule has 0 radical (unpaired) electrons. The molecular weight excluding hydrogens is 365 g/mol. The summed E-state index contributed by atoms with van der Waals surface area (Å²) in [5, 5.41) is 3.24. The van der Waals surface area contributed by atoms with Gasteiger partial charge >= 0.3 is 0 Å². The molecule has 1 N–H and O–H groups in total. The minimum Gasteiger partial charge on any atom is -0.369 e. The fourth-order valence-electron chi connectivity index (χ4n) is 1.90. The van der Waals surface area contributed by atoms with Crippen molar-refractivity contribution in [2.45, 2.75) is 6.92 Å². The molecule has 2 heterocycles. The van der Waals surface area contributed by atoms with Crippen molar-refractivity contribution in [2.24, 2.45) is 0 Å². The molecule has 0 atom stereocenters. The minimum absolute atomic E-state index is 0.689. The first-order valence-corrected chi connectivity index (χ1v) is 7.33. The summed E-state index contributed by atoms with van der Waals surface area (Å²) >= 11 is 2.22. The van der Waals surface area contributed by atoms with E-state index in [1.165, 1.54) is 0 Å². The Hall–Kier alpha value is -1.83. The lowest BCUT2D eigenvalue weighted by molar-refractivity contribution is 1.10. The highest BCUT2D eigenvalue weighted by Gasteiger charge is 2.07. The molecule has 2 aromatic heterocycles. The number of hydrogen-bond acceptors (Lipinski definition) is 5.